The maximum atomic E-state index is 13.2. The molecule has 1 heterocycles. The molecule has 1 unspecified atom stereocenters. The van der Waals surface area contributed by atoms with Crippen molar-refractivity contribution in [3.8, 4) is 0 Å². The fourth-order valence-corrected chi connectivity index (χ4v) is 4.72. The quantitative estimate of drug-likeness (QED) is 0.664. The summed E-state index contributed by atoms with van der Waals surface area (Å²) in [4.78, 5) is 30.3. The smallest absolute Gasteiger partial charge is 0.267 e. The van der Waals surface area contributed by atoms with Crippen LogP contribution in [0.5, 0.6) is 0 Å². The summed E-state index contributed by atoms with van der Waals surface area (Å²) in [7, 11) is 0. The highest BCUT2D eigenvalue weighted by atomic mass is 32.1. The van der Waals surface area contributed by atoms with Gasteiger partial charge in [0.2, 0.25) is 0 Å². The second-order valence-electron chi connectivity index (χ2n) is 7.30. The largest absolute Gasteiger partial charge is 0.372 e. The lowest BCUT2D eigenvalue weighted by Crippen LogP contribution is -2.41. The number of anilines is 1. The zero-order valence-corrected chi connectivity index (χ0v) is 16.7. The molecular weight excluding hydrogens is 384 g/mol. The predicted molar refractivity (Wildman–Crippen MR) is 113 cm³/mol. The topological polar surface area (TPSA) is 79.3 Å². The van der Waals surface area contributed by atoms with Gasteiger partial charge in [0.05, 0.1) is 0 Å². The summed E-state index contributed by atoms with van der Waals surface area (Å²) in [5.74, 6) is -0.111. The van der Waals surface area contributed by atoms with E-state index < -0.39 is 11.5 Å². The summed E-state index contributed by atoms with van der Waals surface area (Å²) in [6.07, 6.45) is 4.77. The lowest BCUT2D eigenvalue weighted by Gasteiger charge is -2.27. The van der Waals surface area contributed by atoms with E-state index in [0.717, 1.165) is 17.7 Å². The lowest BCUT2D eigenvalue weighted by molar-refractivity contribution is -0.131. The SMILES string of the molecule is O=C1CCCC(c2cnc(NC(=O)C(O)(c3ccccc3)c3ccccc3)s2)C1. The van der Waals surface area contributed by atoms with E-state index in [1.54, 1.807) is 54.7 Å². The molecule has 3 aromatic rings. The number of Topliss-reactive ketones (excluding diaryl/α,β-unsaturated/α-hetero) is 1. The Labute approximate surface area is 173 Å². The molecule has 1 fully saturated rings. The molecule has 5 nitrogen and oxygen atoms in total. The number of ketones is 1. The minimum atomic E-state index is -1.84. The number of hydrogen-bond donors (Lipinski definition) is 2. The van der Waals surface area contributed by atoms with Crippen molar-refractivity contribution in [2.75, 3.05) is 5.32 Å². The van der Waals surface area contributed by atoms with Crippen LogP contribution in [-0.4, -0.2) is 21.8 Å². The van der Waals surface area contributed by atoms with E-state index in [4.69, 9.17) is 0 Å². The summed E-state index contributed by atoms with van der Waals surface area (Å²) in [5, 5.41) is 14.7. The number of thiazole rings is 1. The second kappa shape index (κ2) is 8.27. The van der Waals surface area contributed by atoms with Crippen LogP contribution < -0.4 is 5.32 Å². The molecule has 0 spiro atoms. The van der Waals surface area contributed by atoms with Crippen LogP contribution in [-0.2, 0) is 15.2 Å². The van der Waals surface area contributed by atoms with E-state index in [1.165, 1.54) is 11.3 Å². The van der Waals surface area contributed by atoms with Gasteiger partial charge in [0.1, 0.15) is 5.78 Å². The Balaban J connectivity index is 1.60. The molecule has 1 amide bonds. The van der Waals surface area contributed by atoms with Gasteiger partial charge >= 0.3 is 0 Å². The van der Waals surface area contributed by atoms with Crippen LogP contribution in [0.15, 0.2) is 66.9 Å². The first-order chi connectivity index (χ1) is 14.1. The van der Waals surface area contributed by atoms with Crippen LogP contribution >= 0.6 is 11.3 Å². The average Bonchev–Trinajstić information content (AvgIpc) is 3.23. The van der Waals surface area contributed by atoms with Crippen LogP contribution in [0.1, 0.15) is 47.6 Å². The van der Waals surface area contributed by atoms with Gasteiger partial charge in [-0.15, -0.1) is 11.3 Å². The van der Waals surface area contributed by atoms with Gasteiger partial charge in [0.25, 0.3) is 5.91 Å². The minimum absolute atomic E-state index is 0.168. The summed E-state index contributed by atoms with van der Waals surface area (Å²) in [6, 6.07) is 17.8. The molecule has 4 rings (SSSR count). The zero-order chi connectivity index (χ0) is 20.3. The van der Waals surface area contributed by atoms with E-state index >= 15 is 0 Å². The van der Waals surface area contributed by atoms with Crippen LogP contribution in [0.3, 0.4) is 0 Å². The average molecular weight is 407 g/mol. The van der Waals surface area contributed by atoms with E-state index in [-0.39, 0.29) is 11.7 Å². The number of aliphatic hydroxyl groups is 1. The molecular formula is C23H22N2O3S. The predicted octanol–water partition coefficient (Wildman–Crippen LogP) is 4.24. The Morgan fingerprint density at radius 1 is 1.07 bits per heavy atom. The number of aromatic nitrogens is 1. The number of nitrogens with one attached hydrogen (secondary N) is 1. The fraction of sp³-hybridized carbons (Fsp3) is 0.261. The summed E-state index contributed by atoms with van der Waals surface area (Å²) in [6.45, 7) is 0. The van der Waals surface area contributed by atoms with Gasteiger partial charge in [-0.25, -0.2) is 4.98 Å². The van der Waals surface area contributed by atoms with E-state index in [2.05, 4.69) is 10.3 Å². The van der Waals surface area contributed by atoms with Gasteiger partial charge in [-0.1, -0.05) is 60.7 Å². The third-order valence-corrected chi connectivity index (χ3v) is 6.42. The molecule has 0 radical (unpaired) electrons. The second-order valence-corrected chi connectivity index (χ2v) is 8.36. The summed E-state index contributed by atoms with van der Waals surface area (Å²) < 4.78 is 0. The molecule has 1 saturated carbocycles. The summed E-state index contributed by atoms with van der Waals surface area (Å²) in [5.41, 5.74) is -0.869. The first-order valence-corrected chi connectivity index (χ1v) is 10.5. The van der Waals surface area contributed by atoms with Crippen molar-refractivity contribution in [3.05, 3.63) is 82.9 Å². The van der Waals surface area contributed by atoms with Crippen molar-refractivity contribution in [2.45, 2.75) is 37.2 Å². The third kappa shape index (κ3) is 3.99. The van der Waals surface area contributed by atoms with Gasteiger partial charge in [0, 0.05) is 29.8 Å². The van der Waals surface area contributed by atoms with Gasteiger partial charge in [0.15, 0.2) is 10.7 Å². The van der Waals surface area contributed by atoms with Crippen molar-refractivity contribution >= 4 is 28.2 Å². The standard InChI is InChI=1S/C23H22N2O3S/c26-19-13-7-8-16(14-19)20-15-24-22(29-20)25-21(27)23(28,17-9-3-1-4-10-17)18-11-5-2-6-12-18/h1-6,9-12,15-16,28H,7-8,13-14H2,(H,24,25,27). The van der Waals surface area contributed by atoms with E-state index in [0.29, 0.717) is 29.1 Å². The maximum absolute atomic E-state index is 13.2. The van der Waals surface area contributed by atoms with Gasteiger partial charge < -0.3 is 5.11 Å². The molecule has 0 bridgehead atoms. The van der Waals surface area contributed by atoms with Crippen LogP contribution in [0.2, 0.25) is 0 Å². The Morgan fingerprint density at radius 3 is 2.28 bits per heavy atom. The lowest BCUT2D eigenvalue weighted by atomic mass is 9.85. The van der Waals surface area contributed by atoms with Gasteiger partial charge in [-0.2, -0.15) is 0 Å². The van der Waals surface area contributed by atoms with Gasteiger partial charge in [-0.05, 0) is 24.0 Å². The molecule has 1 aliphatic rings. The van der Waals surface area contributed by atoms with Crippen molar-refractivity contribution in [2.24, 2.45) is 0 Å². The first kappa shape index (κ1) is 19.5. The molecule has 1 aromatic heterocycles. The Bertz CT molecular complexity index is 962. The molecule has 148 valence electrons. The number of benzene rings is 2. The van der Waals surface area contributed by atoms with Gasteiger partial charge in [-0.3, -0.25) is 14.9 Å². The summed E-state index contributed by atoms with van der Waals surface area (Å²) >= 11 is 1.37. The Hall–Kier alpha value is -2.83. The maximum Gasteiger partial charge on any atom is 0.267 e. The molecule has 29 heavy (non-hydrogen) atoms. The number of amides is 1. The highest BCUT2D eigenvalue weighted by Gasteiger charge is 2.40. The molecule has 1 atom stereocenters. The first-order valence-electron chi connectivity index (χ1n) is 9.69. The number of carbonyl (C=O) groups is 2. The van der Waals surface area contributed by atoms with E-state index in [1.807, 2.05) is 12.1 Å². The van der Waals surface area contributed by atoms with Crippen molar-refractivity contribution < 1.29 is 14.7 Å². The highest BCUT2D eigenvalue weighted by Crippen LogP contribution is 2.36. The normalized spacial score (nSPS) is 17.1. The molecule has 6 heteroatoms. The molecule has 0 saturated heterocycles. The van der Waals surface area contributed by atoms with Crippen molar-refractivity contribution in [1.82, 2.24) is 4.98 Å². The monoisotopic (exact) mass is 406 g/mol. The van der Waals surface area contributed by atoms with Crippen LogP contribution in [0.4, 0.5) is 5.13 Å². The molecule has 2 aromatic carbocycles. The number of carbonyl (C=O) groups excluding carboxylic acids is 2. The van der Waals surface area contributed by atoms with Crippen LogP contribution in [0.25, 0.3) is 0 Å². The molecule has 2 N–H and O–H groups in total. The fourth-order valence-electron chi connectivity index (χ4n) is 3.78. The van der Waals surface area contributed by atoms with Crippen molar-refractivity contribution in [3.63, 3.8) is 0 Å². The Kier molecular flexibility index (Phi) is 5.56. The number of hydrogen-bond acceptors (Lipinski definition) is 5. The number of rotatable bonds is 5. The molecule has 1 aliphatic carbocycles. The minimum Gasteiger partial charge on any atom is -0.372 e. The highest BCUT2D eigenvalue weighted by molar-refractivity contribution is 7.15. The van der Waals surface area contributed by atoms with Crippen molar-refractivity contribution in [1.29, 1.82) is 0 Å². The zero-order valence-electron chi connectivity index (χ0n) is 15.9. The van der Waals surface area contributed by atoms with Crippen LogP contribution in [0, 0.1) is 0 Å². The van der Waals surface area contributed by atoms with E-state index in [9.17, 15) is 14.7 Å². The Morgan fingerprint density at radius 2 is 1.69 bits per heavy atom. The molecule has 0 aliphatic heterocycles. The third-order valence-electron chi connectivity index (χ3n) is 5.34. The number of nitrogens with zero attached hydrogens (tertiary/aromatic N) is 1.